The molecule has 0 bridgehead atoms. The van der Waals surface area contributed by atoms with Crippen LogP contribution in [0.2, 0.25) is 0 Å². The fourth-order valence-electron chi connectivity index (χ4n) is 2.96. The van der Waals surface area contributed by atoms with Gasteiger partial charge in [-0.3, -0.25) is 4.79 Å². The van der Waals surface area contributed by atoms with E-state index in [1.807, 2.05) is 16.7 Å². The molecule has 0 spiro atoms. The molecule has 1 heterocycles. The first kappa shape index (κ1) is 15.1. The molecule has 2 aliphatic rings. The first-order valence-electron chi connectivity index (χ1n) is 7.29. The van der Waals surface area contributed by atoms with Crippen LogP contribution in [0.15, 0.2) is 0 Å². The fraction of sp³-hybridized carbons (Fsp3) is 0.929. The Morgan fingerprint density at radius 3 is 2.74 bits per heavy atom. The van der Waals surface area contributed by atoms with Gasteiger partial charge in [-0.05, 0) is 32.6 Å². The minimum absolute atomic E-state index is 0.287. The van der Waals surface area contributed by atoms with Crippen LogP contribution in [-0.4, -0.2) is 73.2 Å². The van der Waals surface area contributed by atoms with Crippen LogP contribution in [-0.2, 0) is 9.53 Å². The summed E-state index contributed by atoms with van der Waals surface area (Å²) in [4.78, 5) is 16.4. The Kier molecular flexibility index (Phi) is 5.98. The van der Waals surface area contributed by atoms with Crippen molar-refractivity contribution in [2.24, 2.45) is 0 Å². The predicted molar refractivity (Wildman–Crippen MR) is 79.6 cm³/mol. The molecule has 1 amide bonds. The number of hydrogen-bond acceptors (Lipinski definition) is 4. The van der Waals surface area contributed by atoms with Crippen molar-refractivity contribution in [1.82, 2.24) is 9.80 Å². The van der Waals surface area contributed by atoms with Crippen molar-refractivity contribution in [3.05, 3.63) is 0 Å². The summed E-state index contributed by atoms with van der Waals surface area (Å²) in [5, 5.41) is 0.822. The van der Waals surface area contributed by atoms with Gasteiger partial charge < -0.3 is 14.5 Å². The van der Waals surface area contributed by atoms with Crippen molar-refractivity contribution in [3.63, 3.8) is 0 Å². The molecular formula is C14H26N2O2S. The molecular weight excluding hydrogens is 260 g/mol. The first-order chi connectivity index (χ1) is 9.20. The molecule has 1 aliphatic carbocycles. The summed E-state index contributed by atoms with van der Waals surface area (Å²) in [5.41, 5.74) is 0. The molecule has 0 N–H and O–H groups in total. The number of carbonyl (C=O) groups excluding carboxylic acids is 1. The van der Waals surface area contributed by atoms with Crippen molar-refractivity contribution in [1.29, 1.82) is 0 Å². The maximum atomic E-state index is 12.1. The average Bonchev–Trinajstić information content (AvgIpc) is 2.94. The zero-order chi connectivity index (χ0) is 13.7. The number of ether oxygens (including phenoxy) is 1. The molecule has 0 aromatic heterocycles. The second-order valence-electron chi connectivity index (χ2n) is 5.55. The summed E-state index contributed by atoms with van der Waals surface area (Å²) in [6.45, 7) is 3.81. The summed E-state index contributed by atoms with van der Waals surface area (Å²) in [6, 6.07) is 0.676. The normalized spacial score (nSPS) is 28.1. The second kappa shape index (κ2) is 7.50. The summed E-state index contributed by atoms with van der Waals surface area (Å²) >= 11 is 1.98. The average molecular weight is 286 g/mol. The van der Waals surface area contributed by atoms with Crippen LogP contribution >= 0.6 is 11.8 Å². The number of rotatable bonds is 5. The quantitative estimate of drug-likeness (QED) is 0.766. The Morgan fingerprint density at radius 2 is 2.11 bits per heavy atom. The van der Waals surface area contributed by atoms with Crippen molar-refractivity contribution in [2.45, 2.75) is 37.0 Å². The minimum atomic E-state index is 0.287. The maximum absolute atomic E-state index is 12.1. The Balaban J connectivity index is 1.68. The van der Waals surface area contributed by atoms with Crippen molar-refractivity contribution in [3.8, 4) is 0 Å². The molecule has 2 atom stereocenters. The maximum Gasteiger partial charge on any atom is 0.224 e. The summed E-state index contributed by atoms with van der Waals surface area (Å²) < 4.78 is 5.27. The topological polar surface area (TPSA) is 32.8 Å². The highest BCUT2D eigenvalue weighted by atomic mass is 32.2. The lowest BCUT2D eigenvalue weighted by Gasteiger charge is -2.29. The minimum Gasteiger partial charge on any atom is -0.378 e. The molecule has 19 heavy (non-hydrogen) atoms. The van der Waals surface area contributed by atoms with Crippen LogP contribution < -0.4 is 0 Å². The van der Waals surface area contributed by atoms with Crippen LogP contribution in [0.3, 0.4) is 0 Å². The van der Waals surface area contributed by atoms with Gasteiger partial charge in [0.05, 0.1) is 13.2 Å². The second-order valence-corrected chi connectivity index (χ2v) is 6.69. The molecule has 1 aliphatic heterocycles. The SMILES string of the molecule is CS[C@@H]1CC[C@@H](N(C)CCC(=O)N2CCOCC2)C1. The van der Waals surface area contributed by atoms with E-state index in [1.54, 1.807) is 0 Å². The molecule has 110 valence electrons. The molecule has 1 saturated heterocycles. The molecule has 0 aromatic carbocycles. The number of hydrogen-bond donors (Lipinski definition) is 0. The van der Waals surface area contributed by atoms with E-state index in [0.717, 1.165) is 24.9 Å². The van der Waals surface area contributed by atoms with Gasteiger partial charge in [-0.1, -0.05) is 0 Å². The Morgan fingerprint density at radius 1 is 1.37 bits per heavy atom. The number of carbonyl (C=O) groups is 1. The first-order valence-corrected chi connectivity index (χ1v) is 8.58. The summed E-state index contributed by atoms with van der Waals surface area (Å²) in [5.74, 6) is 0.287. The van der Waals surface area contributed by atoms with Crippen molar-refractivity contribution < 1.29 is 9.53 Å². The van der Waals surface area contributed by atoms with Gasteiger partial charge in [0, 0.05) is 37.3 Å². The van der Waals surface area contributed by atoms with Crippen LogP contribution in [0.4, 0.5) is 0 Å². The molecule has 0 unspecified atom stereocenters. The molecule has 0 radical (unpaired) electrons. The standard InChI is InChI=1S/C14H26N2O2S/c1-15(12-3-4-13(11-12)19-2)6-5-14(17)16-7-9-18-10-8-16/h12-13H,3-11H2,1-2H3/t12-,13-/m1/s1. The zero-order valence-electron chi connectivity index (χ0n) is 12.1. The van der Waals surface area contributed by atoms with E-state index in [9.17, 15) is 4.79 Å². The highest BCUT2D eigenvalue weighted by molar-refractivity contribution is 7.99. The highest BCUT2D eigenvalue weighted by Gasteiger charge is 2.27. The Labute approximate surface area is 120 Å². The largest absolute Gasteiger partial charge is 0.378 e. The molecule has 0 aromatic rings. The highest BCUT2D eigenvalue weighted by Crippen LogP contribution is 2.30. The zero-order valence-corrected chi connectivity index (χ0v) is 13.0. The molecule has 2 rings (SSSR count). The van der Waals surface area contributed by atoms with Gasteiger partial charge in [0.25, 0.3) is 0 Å². The Hall–Kier alpha value is -0.260. The van der Waals surface area contributed by atoms with Gasteiger partial charge in [0.15, 0.2) is 0 Å². The van der Waals surface area contributed by atoms with Gasteiger partial charge in [-0.15, -0.1) is 0 Å². The van der Waals surface area contributed by atoms with Crippen molar-refractivity contribution in [2.75, 3.05) is 46.2 Å². The summed E-state index contributed by atoms with van der Waals surface area (Å²) in [7, 11) is 2.17. The van der Waals surface area contributed by atoms with Crippen LogP contribution in [0.5, 0.6) is 0 Å². The lowest BCUT2D eigenvalue weighted by Crippen LogP contribution is -2.42. The molecule has 2 fully saturated rings. The predicted octanol–water partition coefficient (Wildman–Crippen LogP) is 1.45. The van der Waals surface area contributed by atoms with E-state index in [4.69, 9.17) is 4.74 Å². The number of amides is 1. The number of morpholine rings is 1. The smallest absolute Gasteiger partial charge is 0.224 e. The van der Waals surface area contributed by atoms with E-state index in [1.165, 1.54) is 19.3 Å². The fourth-order valence-corrected chi connectivity index (χ4v) is 3.74. The number of thioether (sulfide) groups is 1. The lowest BCUT2D eigenvalue weighted by atomic mass is 10.2. The molecule has 1 saturated carbocycles. The van der Waals surface area contributed by atoms with Gasteiger partial charge in [-0.2, -0.15) is 11.8 Å². The van der Waals surface area contributed by atoms with Gasteiger partial charge in [-0.25, -0.2) is 0 Å². The monoisotopic (exact) mass is 286 g/mol. The third-order valence-electron chi connectivity index (χ3n) is 4.36. The van der Waals surface area contributed by atoms with E-state index < -0.39 is 0 Å². The van der Waals surface area contributed by atoms with Gasteiger partial charge >= 0.3 is 0 Å². The third kappa shape index (κ3) is 4.36. The molecule has 5 heteroatoms. The van der Waals surface area contributed by atoms with Crippen LogP contribution in [0.25, 0.3) is 0 Å². The summed E-state index contributed by atoms with van der Waals surface area (Å²) in [6.07, 6.45) is 6.75. The lowest BCUT2D eigenvalue weighted by molar-refractivity contribution is -0.135. The van der Waals surface area contributed by atoms with E-state index in [-0.39, 0.29) is 5.91 Å². The Bertz CT molecular complexity index is 295. The van der Waals surface area contributed by atoms with Gasteiger partial charge in [0.2, 0.25) is 5.91 Å². The van der Waals surface area contributed by atoms with E-state index >= 15 is 0 Å². The van der Waals surface area contributed by atoms with E-state index in [2.05, 4.69) is 18.2 Å². The van der Waals surface area contributed by atoms with Gasteiger partial charge in [0.1, 0.15) is 0 Å². The van der Waals surface area contributed by atoms with Crippen molar-refractivity contribution >= 4 is 17.7 Å². The van der Waals surface area contributed by atoms with E-state index in [0.29, 0.717) is 25.7 Å². The van der Waals surface area contributed by atoms with Crippen LogP contribution in [0, 0.1) is 0 Å². The third-order valence-corrected chi connectivity index (χ3v) is 5.45. The number of nitrogens with zero attached hydrogens (tertiary/aromatic N) is 2. The molecule has 4 nitrogen and oxygen atoms in total. The van der Waals surface area contributed by atoms with Crippen LogP contribution in [0.1, 0.15) is 25.7 Å².